The molecule has 110 valence electrons. The van der Waals surface area contributed by atoms with Crippen molar-refractivity contribution in [2.45, 2.75) is 24.6 Å². The van der Waals surface area contributed by atoms with Gasteiger partial charge in [0.2, 0.25) is 5.91 Å². The van der Waals surface area contributed by atoms with E-state index < -0.39 is 27.0 Å². The fourth-order valence-corrected chi connectivity index (χ4v) is 4.04. The summed E-state index contributed by atoms with van der Waals surface area (Å²) in [6, 6.07) is 2.94. The zero-order valence-corrected chi connectivity index (χ0v) is 11.6. The predicted octanol–water partition coefficient (Wildman–Crippen LogP) is -0.120. The van der Waals surface area contributed by atoms with Crippen LogP contribution in [0, 0.1) is 0 Å². The lowest BCUT2D eigenvalue weighted by Crippen LogP contribution is -2.36. The van der Waals surface area contributed by atoms with Crippen molar-refractivity contribution >= 4 is 21.7 Å². The van der Waals surface area contributed by atoms with Crippen LogP contribution in [-0.2, 0) is 21.2 Å². The van der Waals surface area contributed by atoms with E-state index in [1.54, 1.807) is 0 Å². The topological polar surface area (TPSA) is 105 Å². The first-order chi connectivity index (χ1) is 9.40. The molecule has 7 nitrogen and oxygen atoms in total. The maximum atomic E-state index is 11.7. The van der Waals surface area contributed by atoms with Crippen molar-refractivity contribution in [2.75, 3.05) is 12.3 Å². The fraction of sp³-hybridized carbons (Fsp3) is 0.500. The lowest BCUT2D eigenvalue weighted by atomic mass is 10.2. The van der Waals surface area contributed by atoms with Crippen molar-refractivity contribution in [3.05, 3.63) is 24.0 Å². The van der Waals surface area contributed by atoms with Crippen LogP contribution in [0.1, 0.15) is 23.3 Å². The molecule has 1 unspecified atom stereocenters. The summed E-state index contributed by atoms with van der Waals surface area (Å²) in [7, 11) is -3.08. The summed E-state index contributed by atoms with van der Waals surface area (Å²) < 4.78 is 24.5. The molecule has 1 atom stereocenters. The molecule has 20 heavy (non-hydrogen) atoms. The number of carbonyl (C=O) groups excluding carboxylic acids is 1. The minimum Gasteiger partial charge on any atom is -0.477 e. The van der Waals surface area contributed by atoms with Gasteiger partial charge in [0.25, 0.3) is 0 Å². The van der Waals surface area contributed by atoms with E-state index in [4.69, 9.17) is 5.11 Å². The Morgan fingerprint density at radius 3 is 2.80 bits per heavy atom. The Morgan fingerprint density at radius 2 is 2.20 bits per heavy atom. The third-order valence-corrected chi connectivity index (χ3v) is 5.63. The highest BCUT2D eigenvalue weighted by Crippen LogP contribution is 2.18. The predicted molar refractivity (Wildman–Crippen MR) is 71.2 cm³/mol. The molecule has 8 heteroatoms. The maximum absolute atomic E-state index is 11.7. The maximum Gasteiger partial charge on any atom is 0.352 e. The van der Waals surface area contributed by atoms with E-state index in [1.165, 1.54) is 22.9 Å². The number of carboxylic acids is 1. The number of hydrogen-bond acceptors (Lipinski definition) is 4. The third-order valence-electron chi connectivity index (χ3n) is 3.35. The molecule has 2 N–H and O–H groups in total. The van der Waals surface area contributed by atoms with Crippen LogP contribution >= 0.6 is 0 Å². The molecule has 1 saturated heterocycles. The zero-order chi connectivity index (χ0) is 14.8. The van der Waals surface area contributed by atoms with Crippen LogP contribution in [0.15, 0.2) is 18.3 Å². The van der Waals surface area contributed by atoms with Gasteiger partial charge in [-0.15, -0.1) is 0 Å². The molecule has 1 aromatic rings. The van der Waals surface area contributed by atoms with Crippen LogP contribution in [0.5, 0.6) is 0 Å². The quantitative estimate of drug-likeness (QED) is 0.788. The van der Waals surface area contributed by atoms with Crippen molar-refractivity contribution in [2.24, 2.45) is 0 Å². The van der Waals surface area contributed by atoms with Gasteiger partial charge in [-0.25, -0.2) is 13.2 Å². The molecule has 2 heterocycles. The van der Waals surface area contributed by atoms with Crippen LogP contribution in [0.3, 0.4) is 0 Å². The highest BCUT2D eigenvalue weighted by atomic mass is 32.2. The number of nitrogens with zero attached hydrogens (tertiary/aromatic N) is 1. The summed E-state index contributed by atoms with van der Waals surface area (Å²) in [5, 5.41) is 10.9. The number of amides is 1. The first-order valence-corrected chi connectivity index (χ1v) is 7.98. The Labute approximate surface area is 116 Å². The normalized spacial score (nSPS) is 20.7. The largest absolute Gasteiger partial charge is 0.477 e. The molecule has 1 aliphatic heterocycles. The molecule has 2 rings (SSSR count). The van der Waals surface area contributed by atoms with Crippen molar-refractivity contribution < 1.29 is 23.1 Å². The van der Waals surface area contributed by atoms with Gasteiger partial charge in [-0.2, -0.15) is 0 Å². The van der Waals surface area contributed by atoms with Gasteiger partial charge in [0.1, 0.15) is 12.2 Å². The molecule has 0 saturated carbocycles. The lowest BCUT2D eigenvalue weighted by Gasteiger charge is -2.11. The highest BCUT2D eigenvalue weighted by Gasteiger charge is 2.31. The Balaban J connectivity index is 1.90. The van der Waals surface area contributed by atoms with E-state index in [9.17, 15) is 18.0 Å². The standard InChI is InChI=1S/C12H16N2O5S/c15-11(8-14-5-1-4-10(14)12(16)17)13-7-9-3-2-6-20(9,18)19/h1,4-5,9H,2-3,6-8H2,(H,13,15)(H,16,17). The summed E-state index contributed by atoms with van der Waals surface area (Å²) in [5.74, 6) is -1.33. The minimum absolute atomic E-state index is 0.0219. The van der Waals surface area contributed by atoms with E-state index in [1.807, 2.05) is 0 Å². The van der Waals surface area contributed by atoms with Crippen LogP contribution in [0.4, 0.5) is 0 Å². The summed E-state index contributed by atoms with van der Waals surface area (Å²) in [6.07, 6.45) is 2.69. The molecule has 1 aliphatic rings. The monoisotopic (exact) mass is 300 g/mol. The molecule has 0 bridgehead atoms. The van der Waals surface area contributed by atoms with Crippen LogP contribution in [0.25, 0.3) is 0 Å². The van der Waals surface area contributed by atoms with Gasteiger partial charge in [0, 0.05) is 12.7 Å². The Morgan fingerprint density at radius 1 is 1.45 bits per heavy atom. The summed E-state index contributed by atoms with van der Waals surface area (Å²) in [4.78, 5) is 22.6. The van der Waals surface area contributed by atoms with E-state index in [0.717, 1.165) is 0 Å². The summed E-state index contributed by atoms with van der Waals surface area (Å²) in [6.45, 7) is -0.0494. The van der Waals surface area contributed by atoms with Gasteiger partial charge in [-0.3, -0.25) is 4.79 Å². The number of hydrogen-bond donors (Lipinski definition) is 2. The van der Waals surface area contributed by atoms with Gasteiger partial charge in [0.05, 0.1) is 11.0 Å². The van der Waals surface area contributed by atoms with Crippen LogP contribution < -0.4 is 5.32 Å². The van der Waals surface area contributed by atoms with Crippen LogP contribution in [-0.4, -0.2) is 47.5 Å². The van der Waals surface area contributed by atoms with Gasteiger partial charge in [-0.05, 0) is 25.0 Å². The number of carbonyl (C=O) groups is 2. The Hall–Kier alpha value is -1.83. The highest BCUT2D eigenvalue weighted by molar-refractivity contribution is 7.92. The SMILES string of the molecule is O=C(Cn1cccc1C(=O)O)NCC1CCCS1(=O)=O. The smallest absolute Gasteiger partial charge is 0.352 e. The summed E-state index contributed by atoms with van der Waals surface area (Å²) >= 11 is 0. The van der Waals surface area contributed by atoms with Crippen molar-refractivity contribution in [3.63, 3.8) is 0 Å². The first-order valence-electron chi connectivity index (χ1n) is 6.27. The van der Waals surface area contributed by atoms with Crippen molar-refractivity contribution in [1.82, 2.24) is 9.88 Å². The molecule has 0 aromatic carbocycles. The lowest BCUT2D eigenvalue weighted by molar-refractivity contribution is -0.121. The van der Waals surface area contributed by atoms with Gasteiger partial charge in [-0.1, -0.05) is 0 Å². The number of aromatic carboxylic acids is 1. The number of sulfone groups is 1. The van der Waals surface area contributed by atoms with E-state index in [-0.39, 0.29) is 24.5 Å². The molecule has 1 aromatic heterocycles. The van der Waals surface area contributed by atoms with Gasteiger partial charge >= 0.3 is 5.97 Å². The number of aromatic nitrogens is 1. The molecule has 0 spiro atoms. The molecule has 0 aliphatic carbocycles. The second kappa shape index (κ2) is 5.66. The van der Waals surface area contributed by atoms with E-state index in [0.29, 0.717) is 12.8 Å². The van der Waals surface area contributed by atoms with Crippen molar-refractivity contribution in [1.29, 1.82) is 0 Å². The van der Waals surface area contributed by atoms with Crippen molar-refractivity contribution in [3.8, 4) is 0 Å². The molecule has 1 fully saturated rings. The molecule has 0 radical (unpaired) electrons. The molecule has 1 amide bonds. The Kier molecular flexibility index (Phi) is 4.12. The average molecular weight is 300 g/mol. The van der Waals surface area contributed by atoms with E-state index in [2.05, 4.69) is 5.32 Å². The first kappa shape index (κ1) is 14.6. The average Bonchev–Trinajstić information content (AvgIpc) is 2.93. The minimum atomic E-state index is -3.08. The number of nitrogens with one attached hydrogen (secondary N) is 1. The second-order valence-electron chi connectivity index (χ2n) is 4.76. The number of rotatable bonds is 5. The summed E-state index contributed by atoms with van der Waals surface area (Å²) in [5.41, 5.74) is 0.0219. The van der Waals surface area contributed by atoms with Crippen LogP contribution in [0.2, 0.25) is 0 Å². The Bertz CT molecular complexity index is 620. The molecular weight excluding hydrogens is 284 g/mol. The molecular formula is C12H16N2O5S. The number of carboxylic acid groups (broad SMARTS) is 1. The second-order valence-corrected chi connectivity index (χ2v) is 7.16. The van der Waals surface area contributed by atoms with Gasteiger partial charge < -0.3 is 15.0 Å². The van der Waals surface area contributed by atoms with E-state index >= 15 is 0 Å². The fourth-order valence-electron chi connectivity index (χ4n) is 2.27. The third kappa shape index (κ3) is 3.19. The van der Waals surface area contributed by atoms with Gasteiger partial charge in [0.15, 0.2) is 9.84 Å². The zero-order valence-electron chi connectivity index (χ0n) is 10.8.